The Hall–Kier alpha value is -2.09. The van der Waals surface area contributed by atoms with Crippen LogP contribution in [0.25, 0.3) is 0 Å². The van der Waals surface area contributed by atoms with Gasteiger partial charge in [0.25, 0.3) is 0 Å². The lowest BCUT2D eigenvalue weighted by molar-refractivity contribution is -0.115. The summed E-state index contributed by atoms with van der Waals surface area (Å²) in [6, 6.07) is 3.44. The van der Waals surface area contributed by atoms with Gasteiger partial charge in [-0.2, -0.15) is 0 Å². The lowest BCUT2D eigenvalue weighted by Crippen LogP contribution is -2.16. The molecule has 0 aliphatic carbocycles. The van der Waals surface area contributed by atoms with Crippen LogP contribution in [0.4, 0.5) is 5.69 Å². The van der Waals surface area contributed by atoms with Crippen LogP contribution in [-0.2, 0) is 14.6 Å². The van der Waals surface area contributed by atoms with E-state index >= 15 is 0 Å². The number of hydrogen-bond acceptors (Lipinski definition) is 5. The van der Waals surface area contributed by atoms with E-state index in [1.165, 1.54) is 12.1 Å². The van der Waals surface area contributed by atoms with E-state index in [0.29, 0.717) is 0 Å². The molecule has 1 aromatic rings. The van der Waals surface area contributed by atoms with Crippen LogP contribution in [0.3, 0.4) is 0 Å². The molecule has 0 spiro atoms. The first-order valence-corrected chi connectivity index (χ1v) is 7.29. The van der Waals surface area contributed by atoms with Crippen molar-refractivity contribution in [1.29, 1.82) is 0 Å². The minimum absolute atomic E-state index is 0.0310. The fourth-order valence-corrected chi connectivity index (χ4v) is 1.82. The second-order valence-electron chi connectivity index (χ2n) is 3.97. The summed E-state index contributed by atoms with van der Waals surface area (Å²) < 4.78 is 21.8. The lowest BCUT2D eigenvalue weighted by atomic mass is 10.2. The maximum Gasteiger partial charge on any atom is 0.335 e. The second-order valence-corrected chi connectivity index (χ2v) is 6.22. The molecular formula is C11H13NO6S. The highest BCUT2D eigenvalue weighted by molar-refractivity contribution is 7.90. The fraction of sp³-hybridized carbons (Fsp3) is 0.273. The van der Waals surface area contributed by atoms with Crippen molar-refractivity contribution in [1.82, 2.24) is 0 Å². The molecule has 0 fully saturated rings. The van der Waals surface area contributed by atoms with Crippen molar-refractivity contribution in [3.8, 4) is 5.75 Å². The normalized spacial score (nSPS) is 11.0. The van der Waals surface area contributed by atoms with Crippen molar-refractivity contribution in [3.05, 3.63) is 23.8 Å². The first-order chi connectivity index (χ1) is 8.69. The molecule has 3 N–H and O–H groups in total. The molecule has 7 nitrogen and oxygen atoms in total. The maximum atomic E-state index is 11.4. The van der Waals surface area contributed by atoms with E-state index in [1.807, 2.05) is 0 Å². The van der Waals surface area contributed by atoms with Gasteiger partial charge in [-0.05, 0) is 18.2 Å². The monoisotopic (exact) mass is 287 g/mol. The Morgan fingerprint density at radius 2 is 1.95 bits per heavy atom. The van der Waals surface area contributed by atoms with Crippen molar-refractivity contribution >= 4 is 27.4 Å². The molecular weight excluding hydrogens is 274 g/mol. The molecule has 1 amide bonds. The summed E-state index contributed by atoms with van der Waals surface area (Å²) >= 11 is 0. The highest BCUT2D eigenvalue weighted by Gasteiger charge is 2.12. The van der Waals surface area contributed by atoms with Gasteiger partial charge in [0.1, 0.15) is 15.6 Å². The summed E-state index contributed by atoms with van der Waals surface area (Å²) in [5.74, 6) is -2.48. The van der Waals surface area contributed by atoms with Gasteiger partial charge in [-0.25, -0.2) is 13.2 Å². The SMILES string of the molecule is CS(=O)(=O)CCC(=O)Nc1ccc(C(=O)O)cc1O. The molecule has 0 saturated carbocycles. The first kappa shape index (κ1) is 15.0. The largest absolute Gasteiger partial charge is 0.506 e. The molecule has 0 unspecified atom stereocenters. The number of hydrogen-bond donors (Lipinski definition) is 3. The molecule has 0 radical (unpaired) electrons. The summed E-state index contributed by atoms with van der Waals surface area (Å²) in [7, 11) is -3.24. The van der Waals surface area contributed by atoms with Crippen LogP contribution in [-0.4, -0.2) is 42.5 Å². The molecule has 0 aliphatic rings. The highest BCUT2D eigenvalue weighted by atomic mass is 32.2. The summed E-state index contributed by atoms with van der Waals surface area (Å²) in [6.07, 6.45) is 0.776. The summed E-state index contributed by atoms with van der Waals surface area (Å²) in [6.45, 7) is 0. The van der Waals surface area contributed by atoms with Crippen molar-refractivity contribution in [3.63, 3.8) is 0 Å². The number of benzene rings is 1. The molecule has 8 heteroatoms. The van der Waals surface area contributed by atoms with E-state index in [-0.39, 0.29) is 23.4 Å². The van der Waals surface area contributed by atoms with E-state index in [2.05, 4.69) is 5.32 Å². The van der Waals surface area contributed by atoms with Crippen LogP contribution in [0, 0.1) is 0 Å². The zero-order valence-corrected chi connectivity index (χ0v) is 10.9. The molecule has 0 heterocycles. The molecule has 0 atom stereocenters. The van der Waals surface area contributed by atoms with Gasteiger partial charge >= 0.3 is 5.97 Å². The Bertz CT molecular complexity index is 608. The average molecular weight is 287 g/mol. The lowest BCUT2D eigenvalue weighted by Gasteiger charge is -2.07. The van der Waals surface area contributed by atoms with Crippen molar-refractivity contribution < 1.29 is 28.2 Å². The Balaban J connectivity index is 2.72. The Morgan fingerprint density at radius 1 is 1.32 bits per heavy atom. The maximum absolute atomic E-state index is 11.4. The number of sulfone groups is 1. The summed E-state index contributed by atoms with van der Waals surface area (Å²) in [5.41, 5.74) is -0.0878. The molecule has 104 valence electrons. The van der Waals surface area contributed by atoms with Gasteiger partial charge < -0.3 is 15.5 Å². The quantitative estimate of drug-likeness (QED) is 0.677. The predicted molar refractivity (Wildman–Crippen MR) is 68.0 cm³/mol. The number of nitrogens with one attached hydrogen (secondary N) is 1. The number of rotatable bonds is 5. The van der Waals surface area contributed by atoms with Gasteiger partial charge in [-0.1, -0.05) is 0 Å². The van der Waals surface area contributed by atoms with E-state index < -0.39 is 27.5 Å². The fourth-order valence-electron chi connectivity index (χ4n) is 1.26. The summed E-state index contributed by atoms with van der Waals surface area (Å²) in [5, 5.41) is 20.5. The van der Waals surface area contributed by atoms with Gasteiger partial charge in [0.05, 0.1) is 17.0 Å². The van der Waals surface area contributed by atoms with Crippen LogP contribution in [0.5, 0.6) is 5.75 Å². The van der Waals surface area contributed by atoms with Crippen molar-refractivity contribution in [2.75, 3.05) is 17.3 Å². The molecule has 0 aliphatic heterocycles. The van der Waals surface area contributed by atoms with Crippen LogP contribution >= 0.6 is 0 Å². The standard InChI is InChI=1S/C11H13NO6S/c1-19(17,18)5-4-10(14)12-8-3-2-7(11(15)16)6-9(8)13/h2-3,6,13H,4-5H2,1H3,(H,12,14)(H,15,16). The van der Waals surface area contributed by atoms with E-state index in [1.54, 1.807) is 0 Å². The van der Waals surface area contributed by atoms with Gasteiger partial charge in [-0.3, -0.25) is 4.79 Å². The van der Waals surface area contributed by atoms with Gasteiger partial charge in [0.2, 0.25) is 5.91 Å². The van der Waals surface area contributed by atoms with Crippen LogP contribution in [0.1, 0.15) is 16.8 Å². The number of aromatic carboxylic acids is 1. The zero-order valence-electron chi connectivity index (χ0n) is 10.1. The predicted octanol–water partition coefficient (Wildman–Crippen LogP) is 0.464. The topological polar surface area (TPSA) is 121 Å². The third-order valence-corrected chi connectivity index (χ3v) is 3.16. The molecule has 1 rings (SSSR count). The minimum Gasteiger partial charge on any atom is -0.506 e. The van der Waals surface area contributed by atoms with E-state index in [0.717, 1.165) is 12.3 Å². The second kappa shape index (κ2) is 5.70. The number of carboxylic acids is 1. The molecule has 0 saturated heterocycles. The number of carbonyl (C=O) groups is 2. The number of amides is 1. The summed E-state index contributed by atoms with van der Waals surface area (Å²) in [4.78, 5) is 22.1. The Kier molecular flexibility index (Phi) is 4.49. The Morgan fingerprint density at radius 3 is 2.42 bits per heavy atom. The number of carbonyl (C=O) groups excluding carboxylic acids is 1. The minimum atomic E-state index is -3.24. The van der Waals surface area contributed by atoms with Gasteiger partial charge in [0, 0.05) is 12.7 Å². The van der Waals surface area contributed by atoms with Crippen LogP contribution in [0.2, 0.25) is 0 Å². The van der Waals surface area contributed by atoms with Crippen molar-refractivity contribution in [2.24, 2.45) is 0 Å². The molecule has 1 aromatic carbocycles. The number of anilines is 1. The third-order valence-electron chi connectivity index (χ3n) is 2.22. The van der Waals surface area contributed by atoms with E-state index in [9.17, 15) is 23.1 Å². The van der Waals surface area contributed by atoms with Crippen LogP contribution < -0.4 is 5.32 Å². The van der Waals surface area contributed by atoms with Gasteiger partial charge in [-0.15, -0.1) is 0 Å². The number of carboxylic acid groups (broad SMARTS) is 1. The number of phenols is 1. The smallest absolute Gasteiger partial charge is 0.335 e. The van der Waals surface area contributed by atoms with E-state index in [4.69, 9.17) is 5.11 Å². The van der Waals surface area contributed by atoms with Crippen molar-refractivity contribution in [2.45, 2.75) is 6.42 Å². The zero-order chi connectivity index (χ0) is 14.6. The molecule has 0 bridgehead atoms. The number of aromatic hydroxyl groups is 1. The first-order valence-electron chi connectivity index (χ1n) is 5.23. The highest BCUT2D eigenvalue weighted by Crippen LogP contribution is 2.24. The molecule has 19 heavy (non-hydrogen) atoms. The molecule has 0 aromatic heterocycles. The Labute approximate surface area is 109 Å². The van der Waals surface area contributed by atoms with Crippen LogP contribution in [0.15, 0.2) is 18.2 Å². The third kappa shape index (κ3) is 4.96. The van der Waals surface area contributed by atoms with Gasteiger partial charge in [0.15, 0.2) is 0 Å². The number of phenolic OH excluding ortho intramolecular Hbond substituents is 1. The average Bonchev–Trinajstić information content (AvgIpc) is 2.28.